The Hall–Kier alpha value is -1.69. The number of nitrogens with zero attached hydrogens (tertiary/aromatic N) is 5. The van der Waals surface area contributed by atoms with Gasteiger partial charge in [0.25, 0.3) is 5.95 Å². The fraction of sp³-hybridized carbons (Fsp3) is 0.500. The van der Waals surface area contributed by atoms with E-state index in [0.29, 0.717) is 11.9 Å². The lowest BCUT2D eigenvalue weighted by Gasteiger charge is -2.25. The van der Waals surface area contributed by atoms with Crippen LogP contribution in [0.25, 0.3) is 5.95 Å². The quantitative estimate of drug-likeness (QED) is 0.909. The van der Waals surface area contributed by atoms with E-state index in [1.807, 2.05) is 0 Å². The van der Waals surface area contributed by atoms with Gasteiger partial charge in [-0.15, -0.1) is 0 Å². The van der Waals surface area contributed by atoms with Gasteiger partial charge in [0.05, 0.1) is 0 Å². The molecule has 0 spiro atoms. The number of hydrogen-bond donors (Lipinski definition) is 1. The first-order valence-electron chi connectivity index (χ1n) is 6.47. The molecule has 1 N–H and O–H groups in total. The first-order chi connectivity index (χ1) is 9.31. The number of anilines is 1. The van der Waals surface area contributed by atoms with E-state index >= 15 is 0 Å². The summed E-state index contributed by atoms with van der Waals surface area (Å²) in [5.41, 5.74) is 0. The van der Waals surface area contributed by atoms with Gasteiger partial charge in [-0.2, -0.15) is 20.1 Å². The van der Waals surface area contributed by atoms with Gasteiger partial charge < -0.3 is 5.32 Å². The van der Waals surface area contributed by atoms with Crippen LogP contribution in [-0.4, -0.2) is 31.3 Å². The van der Waals surface area contributed by atoms with Gasteiger partial charge in [-0.3, -0.25) is 0 Å². The molecule has 100 valence electrons. The lowest BCUT2D eigenvalue weighted by atomic mass is 9.83. The minimum Gasteiger partial charge on any atom is -0.354 e. The highest BCUT2D eigenvalue weighted by atomic mass is 35.5. The lowest BCUT2D eigenvalue weighted by molar-refractivity contribution is 0.303. The minimum absolute atomic E-state index is 0.173. The zero-order valence-corrected chi connectivity index (χ0v) is 11.2. The zero-order valence-electron chi connectivity index (χ0n) is 10.5. The van der Waals surface area contributed by atoms with Crippen molar-refractivity contribution in [1.82, 2.24) is 24.7 Å². The summed E-state index contributed by atoms with van der Waals surface area (Å²) in [6, 6.07) is 1.81. The van der Waals surface area contributed by atoms with Crippen molar-refractivity contribution in [3.8, 4) is 5.95 Å². The molecule has 1 fully saturated rings. The van der Waals surface area contributed by atoms with Gasteiger partial charge in [-0.25, -0.2) is 4.68 Å². The van der Waals surface area contributed by atoms with Crippen LogP contribution >= 0.6 is 11.6 Å². The zero-order chi connectivity index (χ0) is 13.1. The first kappa shape index (κ1) is 12.3. The summed E-state index contributed by atoms with van der Waals surface area (Å²) in [5.74, 6) is 1.79. The van der Waals surface area contributed by atoms with Gasteiger partial charge in [0, 0.05) is 18.9 Å². The molecule has 6 nitrogen and oxygen atoms in total. The van der Waals surface area contributed by atoms with Gasteiger partial charge in [0.15, 0.2) is 0 Å². The van der Waals surface area contributed by atoms with Crippen molar-refractivity contribution in [2.75, 3.05) is 11.9 Å². The molecule has 0 unspecified atom stereocenters. The van der Waals surface area contributed by atoms with Gasteiger partial charge >= 0.3 is 0 Å². The minimum atomic E-state index is 0.173. The summed E-state index contributed by atoms with van der Waals surface area (Å²) >= 11 is 5.90. The highest BCUT2D eigenvalue weighted by molar-refractivity contribution is 6.28. The molecule has 2 aromatic rings. The molecule has 0 aliphatic heterocycles. The van der Waals surface area contributed by atoms with Crippen LogP contribution in [0.4, 0.5) is 5.95 Å². The van der Waals surface area contributed by atoms with Crippen molar-refractivity contribution in [3.63, 3.8) is 0 Å². The summed E-state index contributed by atoms with van der Waals surface area (Å²) in [5, 5.41) is 7.45. The molecule has 0 saturated heterocycles. The third kappa shape index (κ3) is 3.01. The van der Waals surface area contributed by atoms with E-state index in [1.54, 1.807) is 23.1 Å². The Morgan fingerprint density at radius 1 is 1.32 bits per heavy atom. The Labute approximate surface area is 116 Å². The van der Waals surface area contributed by atoms with Crippen molar-refractivity contribution in [2.45, 2.75) is 25.7 Å². The second-order valence-corrected chi connectivity index (χ2v) is 5.03. The molecule has 1 saturated carbocycles. The molecule has 19 heavy (non-hydrogen) atoms. The smallest absolute Gasteiger partial charge is 0.256 e. The third-order valence-electron chi connectivity index (χ3n) is 3.37. The van der Waals surface area contributed by atoms with Crippen LogP contribution in [0.3, 0.4) is 0 Å². The van der Waals surface area contributed by atoms with Gasteiger partial charge in [-0.1, -0.05) is 19.3 Å². The van der Waals surface area contributed by atoms with Crippen molar-refractivity contribution < 1.29 is 0 Å². The molecule has 0 atom stereocenters. The van der Waals surface area contributed by atoms with E-state index in [-0.39, 0.29) is 5.28 Å². The molecule has 0 amide bonds. The number of hydrogen-bond acceptors (Lipinski definition) is 5. The van der Waals surface area contributed by atoms with Crippen LogP contribution in [0.5, 0.6) is 0 Å². The number of aromatic nitrogens is 5. The van der Waals surface area contributed by atoms with Crippen LogP contribution < -0.4 is 5.32 Å². The van der Waals surface area contributed by atoms with Gasteiger partial charge in [-0.05, 0) is 30.0 Å². The third-order valence-corrected chi connectivity index (χ3v) is 3.54. The Kier molecular flexibility index (Phi) is 3.59. The van der Waals surface area contributed by atoms with Crippen molar-refractivity contribution in [2.24, 2.45) is 5.92 Å². The fourth-order valence-electron chi connectivity index (χ4n) is 2.08. The van der Waals surface area contributed by atoms with E-state index in [1.165, 1.54) is 19.3 Å². The molecule has 0 radical (unpaired) electrons. The molecular formula is C12H15ClN6. The molecular weight excluding hydrogens is 264 g/mol. The molecule has 2 heterocycles. The number of rotatable bonds is 5. The molecule has 3 rings (SSSR count). The van der Waals surface area contributed by atoms with E-state index in [9.17, 15) is 0 Å². The average molecular weight is 279 g/mol. The monoisotopic (exact) mass is 278 g/mol. The summed E-state index contributed by atoms with van der Waals surface area (Å²) in [7, 11) is 0. The van der Waals surface area contributed by atoms with Gasteiger partial charge in [0.1, 0.15) is 0 Å². The van der Waals surface area contributed by atoms with Crippen molar-refractivity contribution in [1.29, 1.82) is 0 Å². The van der Waals surface area contributed by atoms with E-state index < -0.39 is 0 Å². The Balaban J connectivity index is 1.67. The van der Waals surface area contributed by atoms with E-state index in [4.69, 9.17) is 11.6 Å². The SMILES string of the molecule is Clc1nc(NCCC2CCC2)nc(-n2cccn2)n1. The summed E-state index contributed by atoms with van der Waals surface area (Å²) < 4.78 is 1.56. The maximum atomic E-state index is 5.90. The number of halogens is 1. The predicted molar refractivity (Wildman–Crippen MR) is 72.4 cm³/mol. The van der Waals surface area contributed by atoms with Crippen molar-refractivity contribution in [3.05, 3.63) is 23.7 Å². The topological polar surface area (TPSA) is 68.5 Å². The molecule has 0 bridgehead atoms. The predicted octanol–water partition coefficient (Wildman–Crippen LogP) is 2.31. The molecule has 2 aromatic heterocycles. The molecule has 7 heteroatoms. The Bertz CT molecular complexity index is 537. The van der Waals surface area contributed by atoms with Gasteiger partial charge in [0.2, 0.25) is 11.2 Å². The summed E-state index contributed by atoms with van der Waals surface area (Å²) in [6.07, 6.45) is 8.65. The first-order valence-corrected chi connectivity index (χ1v) is 6.84. The normalized spacial score (nSPS) is 15.2. The summed E-state index contributed by atoms with van der Waals surface area (Å²) in [6.45, 7) is 0.865. The van der Waals surface area contributed by atoms with E-state index in [0.717, 1.165) is 18.9 Å². The van der Waals surface area contributed by atoms with Crippen LogP contribution in [0.1, 0.15) is 25.7 Å². The molecule has 1 aliphatic carbocycles. The average Bonchev–Trinajstić information content (AvgIpc) is 2.85. The maximum absolute atomic E-state index is 5.90. The molecule has 0 aromatic carbocycles. The van der Waals surface area contributed by atoms with E-state index in [2.05, 4.69) is 25.4 Å². The lowest BCUT2D eigenvalue weighted by Crippen LogP contribution is -2.17. The van der Waals surface area contributed by atoms with Crippen LogP contribution in [0.15, 0.2) is 18.5 Å². The van der Waals surface area contributed by atoms with Crippen LogP contribution in [0, 0.1) is 5.92 Å². The van der Waals surface area contributed by atoms with Crippen molar-refractivity contribution >= 4 is 17.5 Å². The van der Waals surface area contributed by atoms with Crippen LogP contribution in [-0.2, 0) is 0 Å². The second kappa shape index (κ2) is 5.52. The number of nitrogens with one attached hydrogen (secondary N) is 1. The highest BCUT2D eigenvalue weighted by Gasteiger charge is 2.16. The fourth-order valence-corrected chi connectivity index (χ4v) is 2.23. The largest absolute Gasteiger partial charge is 0.354 e. The highest BCUT2D eigenvalue weighted by Crippen LogP contribution is 2.29. The maximum Gasteiger partial charge on any atom is 0.256 e. The Morgan fingerprint density at radius 2 is 2.21 bits per heavy atom. The Morgan fingerprint density at radius 3 is 2.89 bits per heavy atom. The second-order valence-electron chi connectivity index (χ2n) is 4.69. The summed E-state index contributed by atoms with van der Waals surface area (Å²) in [4.78, 5) is 12.4. The standard InChI is InChI=1S/C12H15ClN6/c13-10-16-11(14-7-5-9-3-1-4-9)18-12(17-10)19-8-2-6-15-19/h2,6,8-9H,1,3-5,7H2,(H,14,16,17,18). The van der Waals surface area contributed by atoms with Crippen LogP contribution in [0.2, 0.25) is 5.28 Å². The molecule has 1 aliphatic rings.